The van der Waals surface area contributed by atoms with Crippen molar-refractivity contribution in [3.8, 4) is 0 Å². The number of hydrogen-bond donors (Lipinski definition) is 2. The first-order valence-electron chi connectivity index (χ1n) is 4.46. The maximum absolute atomic E-state index is 12.5. The molecule has 1 aromatic rings. The Kier molecular flexibility index (Phi) is 3.54. The van der Waals surface area contributed by atoms with E-state index < -0.39 is 23.8 Å². The number of carboxylic acids is 1. The fourth-order valence-electron chi connectivity index (χ4n) is 1.30. The van der Waals surface area contributed by atoms with Crippen LogP contribution in [0.25, 0.3) is 0 Å². The van der Waals surface area contributed by atoms with E-state index in [-0.39, 0.29) is 12.0 Å². The van der Waals surface area contributed by atoms with Crippen LogP contribution < -0.4 is 5.73 Å². The first-order chi connectivity index (χ1) is 7.32. The van der Waals surface area contributed by atoms with Gasteiger partial charge in [-0.05, 0) is 18.1 Å². The number of benzene rings is 1. The van der Waals surface area contributed by atoms with Crippen LogP contribution in [0, 0.1) is 0 Å². The fraction of sp³-hybridized carbons (Fsp3) is 0.300. The molecule has 0 aliphatic carbocycles. The van der Waals surface area contributed by atoms with Gasteiger partial charge in [0, 0.05) is 0 Å². The summed E-state index contributed by atoms with van der Waals surface area (Å²) in [4.78, 5) is 10.5. The van der Waals surface area contributed by atoms with Gasteiger partial charge in [-0.15, -0.1) is 0 Å². The number of alkyl halides is 3. The molecular formula is C10H10F3NO2. The summed E-state index contributed by atoms with van der Waals surface area (Å²) in [6.45, 7) is 0. The van der Waals surface area contributed by atoms with E-state index in [1.165, 1.54) is 18.2 Å². The Balaban J connectivity index is 3.01. The number of hydrogen-bond acceptors (Lipinski definition) is 2. The SMILES string of the molecule is N[C@H](Cc1ccccc1C(F)(F)F)C(=O)O. The topological polar surface area (TPSA) is 63.3 Å². The molecule has 0 unspecified atom stereocenters. The normalized spacial score (nSPS) is 13.5. The molecule has 1 rings (SSSR count). The van der Waals surface area contributed by atoms with Gasteiger partial charge in [-0.25, -0.2) is 0 Å². The Morgan fingerprint density at radius 2 is 1.94 bits per heavy atom. The highest BCUT2D eigenvalue weighted by molar-refractivity contribution is 5.73. The summed E-state index contributed by atoms with van der Waals surface area (Å²) in [6.07, 6.45) is -4.83. The molecule has 0 spiro atoms. The number of carbonyl (C=O) groups is 1. The molecular weight excluding hydrogens is 223 g/mol. The second-order valence-electron chi connectivity index (χ2n) is 3.30. The standard InChI is InChI=1S/C10H10F3NO2/c11-10(12,13)7-4-2-1-3-6(7)5-8(14)9(15)16/h1-4,8H,5,14H2,(H,15,16)/t8-/m1/s1. The lowest BCUT2D eigenvalue weighted by Crippen LogP contribution is -2.33. The summed E-state index contributed by atoms with van der Waals surface area (Å²) >= 11 is 0. The molecule has 3 N–H and O–H groups in total. The molecule has 0 fully saturated rings. The highest BCUT2D eigenvalue weighted by Crippen LogP contribution is 2.32. The summed E-state index contributed by atoms with van der Waals surface area (Å²) < 4.78 is 37.5. The van der Waals surface area contributed by atoms with Gasteiger partial charge < -0.3 is 10.8 Å². The predicted octanol–water partition coefficient (Wildman–Crippen LogP) is 1.66. The van der Waals surface area contributed by atoms with E-state index in [0.29, 0.717) is 0 Å². The fourth-order valence-corrected chi connectivity index (χ4v) is 1.30. The van der Waals surface area contributed by atoms with Crippen molar-refractivity contribution in [2.45, 2.75) is 18.6 Å². The van der Waals surface area contributed by atoms with Gasteiger partial charge in [-0.1, -0.05) is 18.2 Å². The first-order valence-corrected chi connectivity index (χ1v) is 4.46. The third-order valence-corrected chi connectivity index (χ3v) is 2.08. The van der Waals surface area contributed by atoms with Gasteiger partial charge in [0.05, 0.1) is 5.56 Å². The Bertz CT molecular complexity index is 390. The number of nitrogens with two attached hydrogens (primary N) is 1. The highest BCUT2D eigenvalue weighted by atomic mass is 19.4. The second kappa shape index (κ2) is 4.52. The van der Waals surface area contributed by atoms with Crippen molar-refractivity contribution in [2.24, 2.45) is 5.73 Å². The summed E-state index contributed by atoms with van der Waals surface area (Å²) in [6, 6.07) is 3.47. The second-order valence-corrected chi connectivity index (χ2v) is 3.30. The minimum absolute atomic E-state index is 0.107. The number of carboxylic acid groups (broad SMARTS) is 1. The van der Waals surface area contributed by atoms with E-state index >= 15 is 0 Å². The van der Waals surface area contributed by atoms with Crippen LogP contribution in [-0.2, 0) is 17.4 Å². The lowest BCUT2D eigenvalue weighted by atomic mass is 10.0. The third-order valence-electron chi connectivity index (χ3n) is 2.08. The van der Waals surface area contributed by atoms with Gasteiger partial charge in [0.2, 0.25) is 0 Å². The smallest absolute Gasteiger partial charge is 0.416 e. The van der Waals surface area contributed by atoms with Crippen molar-refractivity contribution in [1.29, 1.82) is 0 Å². The average Bonchev–Trinajstić information content (AvgIpc) is 2.16. The third kappa shape index (κ3) is 2.96. The molecule has 16 heavy (non-hydrogen) atoms. The van der Waals surface area contributed by atoms with E-state index in [1.54, 1.807) is 0 Å². The van der Waals surface area contributed by atoms with Gasteiger partial charge in [0.25, 0.3) is 0 Å². The maximum Gasteiger partial charge on any atom is 0.416 e. The molecule has 3 nitrogen and oxygen atoms in total. The zero-order valence-corrected chi connectivity index (χ0v) is 8.16. The maximum atomic E-state index is 12.5. The van der Waals surface area contributed by atoms with E-state index in [9.17, 15) is 18.0 Å². The van der Waals surface area contributed by atoms with Crippen LogP contribution in [0.5, 0.6) is 0 Å². The van der Waals surface area contributed by atoms with Crippen LogP contribution in [-0.4, -0.2) is 17.1 Å². The minimum atomic E-state index is -4.49. The summed E-state index contributed by atoms with van der Waals surface area (Å²) in [5.74, 6) is -1.32. The first kappa shape index (κ1) is 12.5. The summed E-state index contributed by atoms with van der Waals surface area (Å²) in [7, 11) is 0. The van der Waals surface area contributed by atoms with E-state index in [0.717, 1.165) is 6.07 Å². The van der Waals surface area contributed by atoms with Crippen molar-refractivity contribution in [3.63, 3.8) is 0 Å². The molecule has 0 aromatic heterocycles. The van der Waals surface area contributed by atoms with Crippen LogP contribution in [0.3, 0.4) is 0 Å². The molecule has 6 heteroatoms. The molecule has 1 atom stereocenters. The van der Waals surface area contributed by atoms with E-state index in [4.69, 9.17) is 10.8 Å². The molecule has 0 aliphatic rings. The van der Waals surface area contributed by atoms with Gasteiger partial charge in [-0.3, -0.25) is 4.79 Å². The minimum Gasteiger partial charge on any atom is -0.480 e. The van der Waals surface area contributed by atoms with E-state index in [2.05, 4.69) is 0 Å². The molecule has 0 aliphatic heterocycles. The summed E-state index contributed by atoms with van der Waals surface area (Å²) in [5.41, 5.74) is 4.25. The molecule has 0 radical (unpaired) electrons. The number of aliphatic carboxylic acids is 1. The van der Waals surface area contributed by atoms with Gasteiger partial charge in [0.1, 0.15) is 6.04 Å². The average molecular weight is 233 g/mol. The van der Waals surface area contributed by atoms with Crippen molar-refractivity contribution in [1.82, 2.24) is 0 Å². The van der Waals surface area contributed by atoms with Gasteiger partial charge >= 0.3 is 12.1 Å². The zero-order chi connectivity index (χ0) is 12.3. The van der Waals surface area contributed by atoms with Crippen molar-refractivity contribution >= 4 is 5.97 Å². The monoisotopic (exact) mass is 233 g/mol. The van der Waals surface area contributed by atoms with E-state index in [1.807, 2.05) is 0 Å². The lowest BCUT2D eigenvalue weighted by molar-refractivity contribution is -0.140. The lowest BCUT2D eigenvalue weighted by Gasteiger charge is -2.14. The van der Waals surface area contributed by atoms with Gasteiger partial charge in [0.15, 0.2) is 0 Å². The number of rotatable bonds is 3. The van der Waals surface area contributed by atoms with Crippen molar-refractivity contribution in [3.05, 3.63) is 35.4 Å². The molecule has 0 heterocycles. The molecule has 0 saturated heterocycles. The van der Waals surface area contributed by atoms with Crippen molar-refractivity contribution in [2.75, 3.05) is 0 Å². The van der Waals surface area contributed by atoms with Crippen LogP contribution in [0.1, 0.15) is 11.1 Å². The zero-order valence-electron chi connectivity index (χ0n) is 8.16. The van der Waals surface area contributed by atoms with Crippen LogP contribution in [0.2, 0.25) is 0 Å². The largest absolute Gasteiger partial charge is 0.480 e. The Morgan fingerprint density at radius 3 is 2.44 bits per heavy atom. The molecule has 1 aromatic carbocycles. The van der Waals surface area contributed by atoms with Crippen LogP contribution in [0.4, 0.5) is 13.2 Å². The van der Waals surface area contributed by atoms with Crippen LogP contribution in [0.15, 0.2) is 24.3 Å². The quantitative estimate of drug-likeness (QED) is 0.834. The molecule has 0 saturated carbocycles. The Labute approximate surface area is 89.7 Å². The predicted molar refractivity (Wildman–Crippen MR) is 50.8 cm³/mol. The van der Waals surface area contributed by atoms with Crippen LogP contribution >= 0.6 is 0 Å². The Hall–Kier alpha value is -1.56. The summed E-state index contributed by atoms with van der Waals surface area (Å²) in [5, 5.41) is 8.53. The highest BCUT2D eigenvalue weighted by Gasteiger charge is 2.33. The number of halogens is 3. The molecule has 0 bridgehead atoms. The van der Waals surface area contributed by atoms with Gasteiger partial charge in [-0.2, -0.15) is 13.2 Å². The molecule has 0 amide bonds. The molecule has 88 valence electrons. The van der Waals surface area contributed by atoms with Crippen molar-refractivity contribution < 1.29 is 23.1 Å². The Morgan fingerprint density at radius 1 is 1.38 bits per heavy atom.